The molecule has 16 heteroatoms. The van der Waals surface area contributed by atoms with Crippen LogP contribution in [0, 0.1) is 17.0 Å². The van der Waals surface area contributed by atoms with Crippen molar-refractivity contribution >= 4 is 44.7 Å². The lowest BCUT2D eigenvalue weighted by atomic mass is 10.0. The van der Waals surface area contributed by atoms with E-state index in [4.69, 9.17) is 10.5 Å². The molecule has 0 unspecified atom stereocenters. The van der Waals surface area contributed by atoms with E-state index in [2.05, 4.69) is 20.5 Å². The van der Waals surface area contributed by atoms with Crippen molar-refractivity contribution in [2.24, 2.45) is 12.8 Å². The molecule has 2 amide bonds. The number of thiophene rings is 1. The summed E-state index contributed by atoms with van der Waals surface area (Å²) in [5.74, 6) is -1.66. The number of carbonyl (C=O) groups is 2. The number of rotatable bonds is 9. The second-order valence-electron chi connectivity index (χ2n) is 7.86. The Morgan fingerprint density at radius 2 is 2.08 bits per heavy atom. The average molecular weight is 535 g/mol. The zero-order chi connectivity index (χ0) is 27.0. The number of primary amides is 1. The number of nitro groups is 1. The third-order valence-corrected chi connectivity index (χ3v) is 6.68. The summed E-state index contributed by atoms with van der Waals surface area (Å²) in [6.07, 6.45) is -0.459. The van der Waals surface area contributed by atoms with E-state index in [1.165, 1.54) is 24.1 Å². The van der Waals surface area contributed by atoms with Gasteiger partial charge in [0.1, 0.15) is 21.6 Å². The predicted octanol–water partition coefficient (Wildman–Crippen LogP) is 3.18. The van der Waals surface area contributed by atoms with Gasteiger partial charge in [-0.2, -0.15) is 5.10 Å². The first-order valence-electron chi connectivity index (χ1n) is 10.6. The van der Waals surface area contributed by atoms with Gasteiger partial charge in [0.25, 0.3) is 12.3 Å². The molecule has 0 aliphatic rings. The number of amides is 2. The van der Waals surface area contributed by atoms with Crippen LogP contribution >= 0.6 is 11.3 Å². The van der Waals surface area contributed by atoms with Gasteiger partial charge >= 0.3 is 11.6 Å². The van der Waals surface area contributed by atoms with Gasteiger partial charge in [-0.1, -0.05) is 0 Å². The molecule has 0 atom stereocenters. The number of anilines is 1. The molecule has 0 saturated heterocycles. The number of nitrogens with zero attached hydrogens (tertiary/aromatic N) is 6. The van der Waals surface area contributed by atoms with E-state index in [1.807, 2.05) is 0 Å². The molecule has 4 rings (SSSR count). The van der Waals surface area contributed by atoms with Crippen molar-refractivity contribution < 1.29 is 28.0 Å². The fourth-order valence-corrected chi connectivity index (χ4v) is 4.71. The fourth-order valence-electron chi connectivity index (χ4n) is 3.69. The molecule has 0 spiro atoms. The third kappa shape index (κ3) is 4.82. The molecule has 0 radical (unpaired) electrons. The van der Waals surface area contributed by atoms with Crippen LogP contribution in [0.5, 0.6) is 5.88 Å². The van der Waals surface area contributed by atoms with E-state index < -0.39 is 28.9 Å². The number of hydrogen-bond donors (Lipinski definition) is 2. The second kappa shape index (κ2) is 9.88. The van der Waals surface area contributed by atoms with Crippen molar-refractivity contribution in [3.05, 3.63) is 44.8 Å². The van der Waals surface area contributed by atoms with Crippen LogP contribution in [-0.2, 0) is 18.4 Å². The summed E-state index contributed by atoms with van der Waals surface area (Å²) in [5, 5.41) is 22.1. The summed E-state index contributed by atoms with van der Waals surface area (Å²) < 4.78 is 34.9. The fraction of sp³-hybridized carbons (Fsp3) is 0.286. The van der Waals surface area contributed by atoms with Gasteiger partial charge in [-0.05, 0) is 18.6 Å². The molecular formula is C21H20F2N8O5S. The Labute approximate surface area is 211 Å². The lowest BCUT2D eigenvalue weighted by molar-refractivity contribution is -0.385. The third-order valence-electron chi connectivity index (χ3n) is 5.59. The Hall–Kier alpha value is -4.47. The van der Waals surface area contributed by atoms with Crippen molar-refractivity contribution in [2.45, 2.75) is 26.3 Å². The lowest BCUT2D eigenvalue weighted by Gasteiger charge is -2.11. The highest BCUT2D eigenvalue weighted by atomic mass is 32.1. The van der Waals surface area contributed by atoms with E-state index in [-0.39, 0.29) is 45.3 Å². The van der Waals surface area contributed by atoms with E-state index in [1.54, 1.807) is 18.7 Å². The van der Waals surface area contributed by atoms with Gasteiger partial charge in [-0.15, -0.1) is 16.4 Å². The molecule has 0 aromatic carbocycles. The number of methoxy groups -OCH3 is 1. The molecule has 194 valence electrons. The number of nitrogens with two attached hydrogens (primary N) is 1. The number of aromatic nitrogens is 5. The first kappa shape index (κ1) is 25.6. The molecule has 4 heterocycles. The molecule has 0 fully saturated rings. The number of carbonyl (C=O) groups excluding carboxylic acids is 2. The summed E-state index contributed by atoms with van der Waals surface area (Å²) in [5.41, 5.74) is 6.18. The second-order valence-corrected chi connectivity index (χ2v) is 8.85. The maximum Gasteiger partial charge on any atom is 0.350 e. The van der Waals surface area contributed by atoms with Gasteiger partial charge < -0.3 is 15.8 Å². The quantitative estimate of drug-likeness (QED) is 0.243. The summed E-state index contributed by atoms with van der Waals surface area (Å²) in [7, 11) is 2.92. The highest BCUT2D eigenvalue weighted by Gasteiger charge is 2.26. The Morgan fingerprint density at radius 3 is 2.62 bits per heavy atom. The monoisotopic (exact) mass is 534 g/mol. The molecule has 0 bridgehead atoms. The highest BCUT2D eigenvalue weighted by Crippen LogP contribution is 2.43. The standard InChI is InChI=1S/C21H20F2N8O5S/c1-9-11(7-25-29(9)2)10-6-12(18(22)23)26-21-15(10)16(17(37-21)19(24)33)27-14(32)4-5-30-8-13(31(34)35)20(28-30)36-3/h6-8,18H,4-5H2,1-3H3,(H2,24,33)(H,27,32). The first-order chi connectivity index (χ1) is 17.5. The molecule has 4 aromatic rings. The zero-order valence-corrected chi connectivity index (χ0v) is 20.5. The molecule has 0 saturated carbocycles. The van der Waals surface area contributed by atoms with Crippen LogP contribution in [0.25, 0.3) is 21.3 Å². The number of halogens is 2. The van der Waals surface area contributed by atoms with Crippen LogP contribution in [0.4, 0.5) is 20.2 Å². The number of pyridine rings is 1. The van der Waals surface area contributed by atoms with Gasteiger partial charge in [0.2, 0.25) is 5.91 Å². The van der Waals surface area contributed by atoms with E-state index >= 15 is 0 Å². The minimum Gasteiger partial charge on any atom is -0.475 e. The molecule has 0 aliphatic carbocycles. The van der Waals surface area contributed by atoms with Crippen LogP contribution < -0.4 is 15.8 Å². The largest absolute Gasteiger partial charge is 0.475 e. The zero-order valence-electron chi connectivity index (χ0n) is 19.7. The van der Waals surface area contributed by atoms with Gasteiger partial charge in [0.05, 0.1) is 30.5 Å². The minimum atomic E-state index is -2.88. The Kier molecular flexibility index (Phi) is 6.84. The minimum absolute atomic E-state index is 0.0353. The van der Waals surface area contributed by atoms with Crippen LogP contribution in [0.15, 0.2) is 18.5 Å². The Balaban J connectivity index is 1.74. The Bertz CT molecular complexity index is 1540. The van der Waals surface area contributed by atoms with Crippen molar-refractivity contribution in [1.82, 2.24) is 24.5 Å². The van der Waals surface area contributed by atoms with Gasteiger partial charge in [0.15, 0.2) is 0 Å². The molecule has 0 aliphatic heterocycles. The predicted molar refractivity (Wildman–Crippen MR) is 129 cm³/mol. The van der Waals surface area contributed by atoms with E-state index in [0.29, 0.717) is 16.8 Å². The average Bonchev–Trinajstić information content (AvgIpc) is 3.53. The van der Waals surface area contributed by atoms with Crippen molar-refractivity contribution in [3.63, 3.8) is 0 Å². The highest BCUT2D eigenvalue weighted by molar-refractivity contribution is 7.21. The maximum atomic E-state index is 13.6. The molecule has 37 heavy (non-hydrogen) atoms. The van der Waals surface area contributed by atoms with Gasteiger partial charge in [-0.25, -0.2) is 13.8 Å². The lowest BCUT2D eigenvalue weighted by Crippen LogP contribution is -2.18. The Morgan fingerprint density at radius 1 is 1.35 bits per heavy atom. The summed E-state index contributed by atoms with van der Waals surface area (Å²) in [6.45, 7) is 1.69. The smallest absolute Gasteiger partial charge is 0.350 e. The van der Waals surface area contributed by atoms with Crippen LogP contribution in [0.2, 0.25) is 0 Å². The maximum absolute atomic E-state index is 13.6. The number of fused-ring (bicyclic) bond motifs is 1. The van der Waals surface area contributed by atoms with Crippen molar-refractivity contribution in [1.29, 1.82) is 0 Å². The van der Waals surface area contributed by atoms with Crippen molar-refractivity contribution in [3.8, 4) is 17.0 Å². The topological polar surface area (TPSA) is 173 Å². The van der Waals surface area contributed by atoms with Gasteiger partial charge in [0, 0.05) is 30.1 Å². The van der Waals surface area contributed by atoms with Gasteiger partial charge in [-0.3, -0.25) is 29.1 Å². The number of hydrogen-bond acceptors (Lipinski definition) is 9. The first-order valence-corrected chi connectivity index (χ1v) is 11.4. The van der Waals surface area contributed by atoms with Crippen LogP contribution in [0.3, 0.4) is 0 Å². The summed E-state index contributed by atoms with van der Waals surface area (Å²) in [6, 6.07) is 1.19. The number of nitrogens with one attached hydrogen (secondary N) is 1. The number of alkyl halides is 2. The van der Waals surface area contributed by atoms with Crippen LogP contribution in [-0.4, -0.2) is 48.4 Å². The number of ether oxygens (including phenoxy) is 1. The normalized spacial score (nSPS) is 11.3. The van der Waals surface area contributed by atoms with E-state index in [0.717, 1.165) is 17.5 Å². The molecule has 4 aromatic heterocycles. The number of aryl methyl sites for hydroxylation is 2. The molecular weight excluding hydrogens is 514 g/mol. The SMILES string of the molecule is COc1nn(CCC(=O)Nc2c(C(N)=O)sc3nc(C(F)F)cc(-c4cnn(C)c4C)c23)cc1[N+](=O)[O-]. The van der Waals surface area contributed by atoms with Crippen molar-refractivity contribution in [2.75, 3.05) is 12.4 Å². The van der Waals surface area contributed by atoms with E-state index in [9.17, 15) is 28.5 Å². The molecule has 13 nitrogen and oxygen atoms in total. The van der Waals surface area contributed by atoms with Crippen LogP contribution in [0.1, 0.15) is 33.9 Å². The summed E-state index contributed by atoms with van der Waals surface area (Å²) in [4.78, 5) is 39.5. The summed E-state index contributed by atoms with van der Waals surface area (Å²) >= 11 is 0.783. The molecule has 3 N–H and O–H groups in total.